The first-order valence-electron chi connectivity index (χ1n) is 11.5. The minimum Gasteiger partial charge on any atom is -0.491 e. The lowest BCUT2D eigenvalue weighted by atomic mass is 10.2. The van der Waals surface area contributed by atoms with Crippen LogP contribution in [0.25, 0.3) is 21.1 Å². The molecule has 1 aliphatic rings. The lowest BCUT2D eigenvalue weighted by molar-refractivity contribution is -0.117. The SMILES string of the molecule is Cc1nc2cc(OC[C@H](O)CN3CCN(CC(=O)Nc4cccc5[nH]ccc45)CC3)ccc2s1. The highest BCUT2D eigenvalue weighted by atomic mass is 32.1. The number of anilines is 1. The number of rotatable bonds is 8. The largest absolute Gasteiger partial charge is 0.491 e. The van der Waals surface area contributed by atoms with E-state index < -0.39 is 6.10 Å². The third kappa shape index (κ3) is 5.39. The van der Waals surface area contributed by atoms with Gasteiger partial charge in [0.25, 0.3) is 0 Å². The number of fused-ring (bicyclic) bond motifs is 2. The lowest BCUT2D eigenvalue weighted by Gasteiger charge is -2.35. The number of amides is 1. The number of nitrogens with zero attached hydrogens (tertiary/aromatic N) is 3. The van der Waals surface area contributed by atoms with E-state index in [-0.39, 0.29) is 12.5 Å². The molecule has 2 aromatic heterocycles. The van der Waals surface area contributed by atoms with Gasteiger partial charge < -0.3 is 20.1 Å². The zero-order valence-electron chi connectivity index (χ0n) is 19.2. The molecule has 5 rings (SSSR count). The molecule has 2 aromatic carbocycles. The molecule has 34 heavy (non-hydrogen) atoms. The summed E-state index contributed by atoms with van der Waals surface area (Å²) in [7, 11) is 0. The molecule has 3 N–H and O–H groups in total. The number of aryl methyl sites for hydroxylation is 1. The minimum atomic E-state index is -0.579. The molecule has 0 saturated carbocycles. The Kier molecular flexibility index (Phi) is 6.77. The van der Waals surface area contributed by atoms with Crippen LogP contribution in [-0.4, -0.2) is 82.8 Å². The van der Waals surface area contributed by atoms with E-state index >= 15 is 0 Å². The van der Waals surface area contributed by atoms with Crippen molar-refractivity contribution in [2.45, 2.75) is 13.0 Å². The van der Waals surface area contributed by atoms with Gasteiger partial charge in [0.2, 0.25) is 5.91 Å². The third-order valence-corrected chi connectivity index (χ3v) is 7.03. The Labute approximate surface area is 202 Å². The Bertz CT molecular complexity index is 1280. The van der Waals surface area contributed by atoms with Crippen molar-refractivity contribution in [3.8, 4) is 5.75 Å². The van der Waals surface area contributed by atoms with E-state index in [9.17, 15) is 9.90 Å². The van der Waals surface area contributed by atoms with Gasteiger partial charge in [0, 0.05) is 55.9 Å². The molecule has 0 unspecified atom stereocenters. The molecule has 1 fully saturated rings. The molecule has 1 atom stereocenters. The van der Waals surface area contributed by atoms with Crippen molar-refractivity contribution in [2.24, 2.45) is 0 Å². The maximum Gasteiger partial charge on any atom is 0.238 e. The van der Waals surface area contributed by atoms with E-state index in [2.05, 4.69) is 25.1 Å². The number of benzene rings is 2. The first-order valence-corrected chi connectivity index (χ1v) is 12.3. The van der Waals surface area contributed by atoms with Gasteiger partial charge in [-0.1, -0.05) is 6.07 Å². The summed E-state index contributed by atoms with van der Waals surface area (Å²) in [5.74, 6) is 0.714. The van der Waals surface area contributed by atoms with Gasteiger partial charge in [-0.15, -0.1) is 11.3 Å². The van der Waals surface area contributed by atoms with Gasteiger partial charge in [0.15, 0.2) is 0 Å². The smallest absolute Gasteiger partial charge is 0.238 e. The third-order valence-electron chi connectivity index (χ3n) is 6.08. The minimum absolute atomic E-state index is 0.0112. The van der Waals surface area contributed by atoms with Crippen molar-refractivity contribution in [1.82, 2.24) is 19.8 Å². The van der Waals surface area contributed by atoms with E-state index in [0.29, 0.717) is 13.1 Å². The summed E-state index contributed by atoms with van der Waals surface area (Å²) in [6.07, 6.45) is 1.30. The molecule has 8 nitrogen and oxygen atoms in total. The predicted molar refractivity (Wildman–Crippen MR) is 136 cm³/mol. The van der Waals surface area contributed by atoms with Crippen LogP contribution in [0, 0.1) is 6.92 Å². The molecule has 0 aliphatic carbocycles. The monoisotopic (exact) mass is 479 g/mol. The Morgan fingerprint density at radius 1 is 1.21 bits per heavy atom. The number of hydrogen-bond acceptors (Lipinski definition) is 7. The number of thiazole rings is 1. The maximum absolute atomic E-state index is 12.6. The highest BCUT2D eigenvalue weighted by Gasteiger charge is 2.21. The Morgan fingerprint density at radius 3 is 2.88 bits per heavy atom. The molecule has 0 bridgehead atoms. The van der Waals surface area contributed by atoms with Gasteiger partial charge in [0.1, 0.15) is 18.5 Å². The molecule has 1 amide bonds. The molecule has 0 spiro atoms. The van der Waals surface area contributed by atoms with Crippen LogP contribution in [0.1, 0.15) is 5.01 Å². The van der Waals surface area contributed by atoms with E-state index in [4.69, 9.17) is 4.74 Å². The van der Waals surface area contributed by atoms with Crippen LogP contribution >= 0.6 is 11.3 Å². The van der Waals surface area contributed by atoms with Crippen LogP contribution < -0.4 is 10.1 Å². The second kappa shape index (κ2) is 10.1. The van der Waals surface area contributed by atoms with Crippen molar-refractivity contribution in [3.05, 3.63) is 53.7 Å². The number of aromatic amines is 1. The highest BCUT2D eigenvalue weighted by Crippen LogP contribution is 2.25. The molecule has 0 radical (unpaired) electrons. The zero-order valence-corrected chi connectivity index (χ0v) is 20.0. The van der Waals surface area contributed by atoms with Crippen molar-refractivity contribution in [1.29, 1.82) is 0 Å². The van der Waals surface area contributed by atoms with E-state index in [0.717, 1.165) is 63.7 Å². The number of carbonyl (C=O) groups is 1. The molecule has 3 heterocycles. The molecular weight excluding hydrogens is 450 g/mol. The molecule has 9 heteroatoms. The van der Waals surface area contributed by atoms with Gasteiger partial charge in [-0.3, -0.25) is 14.6 Å². The summed E-state index contributed by atoms with van der Waals surface area (Å²) in [6.45, 7) is 6.33. The summed E-state index contributed by atoms with van der Waals surface area (Å²) in [5.41, 5.74) is 2.77. The first kappa shape index (κ1) is 22.8. The second-order valence-corrected chi connectivity index (χ2v) is 9.93. The number of carbonyl (C=O) groups excluding carboxylic acids is 1. The van der Waals surface area contributed by atoms with E-state index in [1.165, 1.54) is 0 Å². The van der Waals surface area contributed by atoms with Gasteiger partial charge in [0.05, 0.1) is 27.5 Å². The number of β-amino-alcohol motifs (C(OH)–C–C–N with tert-alkyl or cyclic N) is 1. The van der Waals surface area contributed by atoms with E-state index in [1.54, 1.807) is 11.3 Å². The summed E-state index contributed by atoms with van der Waals surface area (Å²) in [4.78, 5) is 24.6. The number of aliphatic hydroxyl groups excluding tert-OH is 1. The van der Waals surface area contributed by atoms with Crippen molar-refractivity contribution in [3.63, 3.8) is 0 Å². The van der Waals surface area contributed by atoms with Gasteiger partial charge in [-0.05, 0) is 37.3 Å². The molecule has 4 aromatic rings. The Balaban J connectivity index is 1.04. The topological polar surface area (TPSA) is 93.7 Å². The normalized spacial score (nSPS) is 16.2. The van der Waals surface area contributed by atoms with Crippen LogP contribution in [0.4, 0.5) is 5.69 Å². The van der Waals surface area contributed by atoms with Crippen LogP contribution in [-0.2, 0) is 4.79 Å². The molecule has 1 aliphatic heterocycles. The van der Waals surface area contributed by atoms with Gasteiger partial charge in [-0.2, -0.15) is 0 Å². The van der Waals surface area contributed by atoms with Crippen LogP contribution in [0.3, 0.4) is 0 Å². The van der Waals surface area contributed by atoms with Crippen molar-refractivity contribution < 1.29 is 14.6 Å². The van der Waals surface area contributed by atoms with Gasteiger partial charge in [-0.25, -0.2) is 4.98 Å². The molecule has 178 valence electrons. The number of H-pyrrole nitrogens is 1. The summed E-state index contributed by atoms with van der Waals surface area (Å²) in [5, 5.41) is 15.5. The number of ether oxygens (including phenoxy) is 1. The number of aliphatic hydroxyl groups is 1. The lowest BCUT2D eigenvalue weighted by Crippen LogP contribution is -2.50. The van der Waals surface area contributed by atoms with Crippen LogP contribution in [0.15, 0.2) is 48.7 Å². The summed E-state index contributed by atoms with van der Waals surface area (Å²) >= 11 is 1.66. The van der Waals surface area contributed by atoms with Gasteiger partial charge >= 0.3 is 0 Å². The average molecular weight is 480 g/mol. The van der Waals surface area contributed by atoms with Crippen molar-refractivity contribution in [2.75, 3.05) is 51.2 Å². The standard InChI is InChI=1S/C25H29N5O3S/c1-17-27-23-13-19(5-6-24(23)34-17)33-16-18(31)14-29-9-11-30(12-10-29)15-25(32)28-22-4-2-3-21-20(22)7-8-26-21/h2-8,13,18,26,31H,9-12,14-16H2,1H3,(H,28,32)/t18-/m1/s1. The fourth-order valence-corrected chi connectivity index (χ4v) is 5.18. The predicted octanol–water partition coefficient (Wildman–Crippen LogP) is 3.08. The second-order valence-electron chi connectivity index (χ2n) is 8.70. The van der Waals surface area contributed by atoms with Crippen LogP contribution in [0.2, 0.25) is 0 Å². The number of aromatic nitrogens is 2. The van der Waals surface area contributed by atoms with Crippen LogP contribution in [0.5, 0.6) is 5.75 Å². The quantitative estimate of drug-likeness (QED) is 0.360. The van der Waals surface area contributed by atoms with E-state index in [1.807, 2.05) is 55.6 Å². The average Bonchev–Trinajstić information content (AvgIpc) is 3.45. The Hall–Kier alpha value is -2.98. The van der Waals surface area contributed by atoms with Crippen molar-refractivity contribution >= 4 is 44.1 Å². The fraction of sp³-hybridized carbons (Fsp3) is 0.360. The summed E-state index contributed by atoms with van der Waals surface area (Å²) < 4.78 is 6.94. The highest BCUT2D eigenvalue weighted by molar-refractivity contribution is 7.18. The Morgan fingerprint density at radius 2 is 2.03 bits per heavy atom. The number of nitrogens with one attached hydrogen (secondary N) is 2. The fourth-order valence-electron chi connectivity index (χ4n) is 4.37. The zero-order chi connectivity index (χ0) is 23.5. The molecular formula is C25H29N5O3S. The maximum atomic E-state index is 12.6. The number of piperazine rings is 1. The number of hydrogen-bond donors (Lipinski definition) is 3. The molecule has 1 saturated heterocycles. The summed E-state index contributed by atoms with van der Waals surface area (Å²) in [6, 6.07) is 13.7. The first-order chi connectivity index (χ1) is 16.5.